The Balaban J connectivity index is 4.41. The molecule has 5 atom stereocenters. The number of aliphatic hydroxyl groups is 2. The van der Waals surface area contributed by atoms with Crippen molar-refractivity contribution >= 4 is 33.6 Å². The molecule has 117 heavy (non-hydrogen) atoms. The van der Waals surface area contributed by atoms with Crippen LogP contribution in [0.1, 0.15) is 419 Å². The van der Waals surface area contributed by atoms with Crippen molar-refractivity contribution in [3.8, 4) is 0 Å². The molecule has 5 unspecified atom stereocenters. The lowest BCUT2D eigenvalue weighted by molar-refractivity contribution is -0.161. The van der Waals surface area contributed by atoms with Crippen molar-refractivity contribution in [3.05, 3.63) is 134 Å². The summed E-state index contributed by atoms with van der Waals surface area (Å²) >= 11 is 0. The molecule has 0 fully saturated rings. The van der Waals surface area contributed by atoms with E-state index in [2.05, 4.69) is 154 Å². The van der Waals surface area contributed by atoms with E-state index in [1.165, 1.54) is 225 Å². The number of allylic oxidation sites excluding steroid dienone is 22. The Morgan fingerprint density at radius 3 is 0.718 bits per heavy atom. The van der Waals surface area contributed by atoms with Gasteiger partial charge in [-0.1, -0.05) is 392 Å². The van der Waals surface area contributed by atoms with E-state index in [1.807, 2.05) is 0 Å². The lowest BCUT2D eigenvalue weighted by atomic mass is 10.0. The zero-order valence-electron chi connectivity index (χ0n) is 74.6. The van der Waals surface area contributed by atoms with E-state index in [-0.39, 0.29) is 19.3 Å². The van der Waals surface area contributed by atoms with E-state index in [0.29, 0.717) is 19.3 Å². The van der Waals surface area contributed by atoms with Crippen LogP contribution in [-0.2, 0) is 55.8 Å². The summed E-state index contributed by atoms with van der Waals surface area (Å²) in [6.07, 6.45) is 114. The van der Waals surface area contributed by atoms with Crippen LogP contribution in [0.15, 0.2) is 134 Å². The van der Waals surface area contributed by atoms with Crippen LogP contribution in [0.25, 0.3) is 0 Å². The zero-order valence-corrected chi connectivity index (χ0v) is 76.4. The highest BCUT2D eigenvalue weighted by Gasteiger charge is 2.30. The molecule has 0 amide bonds. The molecule has 16 nitrogen and oxygen atoms in total. The molecule has 0 aliphatic carbocycles. The molecular formula is C99H174O16P2. The van der Waals surface area contributed by atoms with Gasteiger partial charge in [0.15, 0.2) is 6.10 Å². The average molecular weight is 1680 g/mol. The zero-order chi connectivity index (χ0) is 85.1. The van der Waals surface area contributed by atoms with Crippen LogP contribution in [0.3, 0.4) is 0 Å². The first-order chi connectivity index (χ1) is 57.2. The summed E-state index contributed by atoms with van der Waals surface area (Å²) < 4.78 is 61.4. The smallest absolute Gasteiger partial charge is 0.463 e. The third-order valence-corrected chi connectivity index (χ3v) is 22.2. The molecule has 0 aromatic carbocycles. The monoisotopic (exact) mass is 1680 g/mol. The number of hydrogen-bond donors (Lipinski definition) is 4. The van der Waals surface area contributed by atoms with E-state index in [1.54, 1.807) is 0 Å². The second kappa shape index (κ2) is 90.9. The summed E-state index contributed by atoms with van der Waals surface area (Å²) in [5.74, 6) is -1.57. The van der Waals surface area contributed by atoms with Gasteiger partial charge in [-0.05, 0) is 141 Å². The number of ether oxygens (including phenoxy) is 3. The molecule has 0 heterocycles. The fourth-order valence-electron chi connectivity index (χ4n) is 13.1. The van der Waals surface area contributed by atoms with Crippen LogP contribution in [-0.4, -0.2) is 95.9 Å². The second-order valence-electron chi connectivity index (χ2n) is 31.8. The summed E-state index contributed by atoms with van der Waals surface area (Å²) in [7, 11) is -9.80. The van der Waals surface area contributed by atoms with Crippen molar-refractivity contribution in [1.82, 2.24) is 0 Å². The maximum atomic E-state index is 13.0. The Hall–Kier alpha value is -4.31. The van der Waals surface area contributed by atoms with Crippen LogP contribution in [0.4, 0.5) is 0 Å². The number of hydrogen-bond acceptors (Lipinski definition) is 14. The standard InChI is InChI=1S/C99H174O16P2/c1-4-7-10-13-16-19-22-25-28-30-32-34-36-38-40-42-44-45-46-47-49-51-52-54-56-58-60-62-65-67-70-73-76-79-82-85-97(102)109-88-94(100)89-111-116(105,106)112-90-95(101)91-113-117(107,108)114-93-96(115-99(104)87-84-81-78-75-72-69-64-27-24-21-18-15-12-9-6-3)92-110-98(103)86-83-80-77-74-71-68-66-63-61-59-57-55-53-50-48-43-41-39-37-35-33-31-29-26-23-20-17-14-11-8-5-2/h8,11,16-21,25-29,32-35,38-41,64,94-96,100-101H,4-7,9-10,12-15,22-24,30-31,36-37,42-63,65-93H2,1-3H3,(H,105,106)(H,107,108)/b11-8-,19-16-,20-17-,21-18-,28-25-,29-26-,34-32-,35-33-,40-38-,41-39-,64-27-. The maximum absolute atomic E-state index is 13.0. The van der Waals surface area contributed by atoms with Gasteiger partial charge in [0, 0.05) is 19.3 Å². The molecule has 0 spiro atoms. The molecule has 0 saturated heterocycles. The summed E-state index contributed by atoms with van der Waals surface area (Å²) in [6.45, 7) is 2.56. The van der Waals surface area contributed by atoms with E-state index in [4.69, 9.17) is 32.3 Å². The van der Waals surface area contributed by atoms with Crippen molar-refractivity contribution in [3.63, 3.8) is 0 Å². The van der Waals surface area contributed by atoms with Crippen LogP contribution in [0, 0.1) is 0 Å². The largest absolute Gasteiger partial charge is 0.472 e. The Kier molecular flexibility index (Phi) is 87.6. The molecule has 0 aromatic heterocycles. The minimum atomic E-state index is -4.94. The molecule has 0 radical (unpaired) electrons. The van der Waals surface area contributed by atoms with Crippen molar-refractivity contribution < 1.29 is 75.8 Å². The normalized spacial score (nSPS) is 14.4. The van der Waals surface area contributed by atoms with Gasteiger partial charge in [0.25, 0.3) is 0 Å². The van der Waals surface area contributed by atoms with Gasteiger partial charge >= 0.3 is 33.6 Å². The fraction of sp³-hybridized carbons (Fsp3) is 0.747. The number of rotatable bonds is 90. The molecule has 0 aliphatic rings. The molecule has 0 aromatic rings. The third kappa shape index (κ3) is 92.3. The highest BCUT2D eigenvalue weighted by Crippen LogP contribution is 2.45. The van der Waals surface area contributed by atoms with Crippen molar-refractivity contribution in [2.75, 3.05) is 39.6 Å². The first kappa shape index (κ1) is 113. The minimum absolute atomic E-state index is 0.0888. The summed E-state index contributed by atoms with van der Waals surface area (Å²) in [5, 5.41) is 20.7. The minimum Gasteiger partial charge on any atom is -0.463 e. The number of aliphatic hydroxyl groups excluding tert-OH is 2. The third-order valence-electron chi connectivity index (χ3n) is 20.3. The van der Waals surface area contributed by atoms with E-state index >= 15 is 0 Å². The first-order valence-corrected chi connectivity index (χ1v) is 50.5. The van der Waals surface area contributed by atoms with Gasteiger partial charge in [-0.3, -0.25) is 32.5 Å². The molecule has 0 bridgehead atoms. The summed E-state index contributed by atoms with van der Waals surface area (Å²) in [4.78, 5) is 58.9. The van der Waals surface area contributed by atoms with Gasteiger partial charge in [-0.25, -0.2) is 9.13 Å². The molecule has 0 saturated carbocycles. The van der Waals surface area contributed by atoms with Crippen molar-refractivity contribution in [2.45, 2.75) is 437 Å². The Bertz CT molecular complexity index is 2660. The van der Waals surface area contributed by atoms with Crippen LogP contribution in [0.5, 0.6) is 0 Å². The van der Waals surface area contributed by atoms with Gasteiger partial charge in [-0.2, -0.15) is 0 Å². The van der Waals surface area contributed by atoms with Gasteiger partial charge in [0.1, 0.15) is 25.4 Å². The SMILES string of the molecule is CC/C=C\C/C=C\C/C=C\C/C=C\C/C=C\CCCCCCCCCCCCCCCCCC(=O)OCC(COP(=O)(O)OCC(O)COP(=O)(O)OCC(O)COC(=O)CCCCCCCCCCCCCCCCCCCCC/C=C\C/C=C\C/C=C\C/C=C\CCCCC)OC(=O)CCCCCCC/C=C\C/C=C\CCCCC. The molecule has 18 heteroatoms. The lowest BCUT2D eigenvalue weighted by Gasteiger charge is -2.21. The van der Waals surface area contributed by atoms with Gasteiger partial charge < -0.3 is 34.2 Å². The number of unbranched alkanes of at least 4 members (excludes halogenated alkanes) is 45. The molecule has 0 rings (SSSR count). The Labute approximate surface area is 715 Å². The highest BCUT2D eigenvalue weighted by molar-refractivity contribution is 7.47. The van der Waals surface area contributed by atoms with Gasteiger partial charge in [-0.15, -0.1) is 0 Å². The van der Waals surface area contributed by atoms with Crippen LogP contribution in [0.2, 0.25) is 0 Å². The van der Waals surface area contributed by atoms with Crippen molar-refractivity contribution in [1.29, 1.82) is 0 Å². The van der Waals surface area contributed by atoms with E-state index < -0.39 is 91.5 Å². The predicted molar refractivity (Wildman–Crippen MR) is 491 cm³/mol. The molecule has 4 N–H and O–H groups in total. The molecule has 676 valence electrons. The van der Waals surface area contributed by atoms with E-state index in [0.717, 1.165) is 135 Å². The Morgan fingerprint density at radius 2 is 0.453 bits per heavy atom. The number of carbonyl (C=O) groups is 3. The van der Waals surface area contributed by atoms with Gasteiger partial charge in [0.05, 0.1) is 26.4 Å². The topological polar surface area (TPSA) is 231 Å². The quantitative estimate of drug-likeness (QED) is 0.0146. The first-order valence-electron chi connectivity index (χ1n) is 47.5. The number of phosphoric acid groups is 2. The van der Waals surface area contributed by atoms with E-state index in [9.17, 15) is 43.5 Å². The van der Waals surface area contributed by atoms with Crippen LogP contribution < -0.4 is 0 Å². The highest BCUT2D eigenvalue weighted by atomic mass is 31.2. The van der Waals surface area contributed by atoms with Crippen molar-refractivity contribution in [2.24, 2.45) is 0 Å². The average Bonchev–Trinajstić information content (AvgIpc) is 0.865. The predicted octanol–water partition coefficient (Wildman–Crippen LogP) is 29.3. The molecular weight excluding hydrogens is 1510 g/mol. The lowest BCUT2D eigenvalue weighted by Crippen LogP contribution is -2.30. The Morgan fingerprint density at radius 1 is 0.248 bits per heavy atom. The maximum Gasteiger partial charge on any atom is 0.472 e. The molecule has 0 aliphatic heterocycles. The number of esters is 3. The fourth-order valence-corrected chi connectivity index (χ4v) is 14.7. The summed E-state index contributed by atoms with van der Waals surface area (Å²) in [6, 6.07) is 0. The number of carbonyl (C=O) groups excluding carboxylic acids is 3. The van der Waals surface area contributed by atoms with Crippen LogP contribution >= 0.6 is 15.6 Å². The van der Waals surface area contributed by atoms with Gasteiger partial charge in [0.2, 0.25) is 0 Å². The summed E-state index contributed by atoms with van der Waals surface area (Å²) in [5.41, 5.74) is 0. The number of phosphoric ester groups is 2. The second-order valence-corrected chi connectivity index (χ2v) is 34.7.